The van der Waals surface area contributed by atoms with E-state index in [1.54, 1.807) is 0 Å². The Labute approximate surface area is 193 Å². The molecule has 0 amide bonds. The molecule has 2 aliphatic rings. The predicted octanol–water partition coefficient (Wildman–Crippen LogP) is 3.99. The lowest BCUT2D eigenvalue weighted by Gasteiger charge is -2.47. The fourth-order valence-corrected chi connectivity index (χ4v) is 4.19. The van der Waals surface area contributed by atoms with Crippen molar-refractivity contribution in [3.63, 3.8) is 0 Å². The smallest absolute Gasteiger partial charge is 0.187 e. The van der Waals surface area contributed by atoms with E-state index in [-0.39, 0.29) is 0 Å². The summed E-state index contributed by atoms with van der Waals surface area (Å²) in [6.07, 6.45) is -3.98. The molecule has 0 saturated carbocycles. The first kappa shape index (κ1) is 22.2. The van der Waals surface area contributed by atoms with Gasteiger partial charge in [-0.3, -0.25) is 0 Å². The van der Waals surface area contributed by atoms with Gasteiger partial charge < -0.3 is 28.8 Å². The normalized spacial score (nSPS) is 29.4. The van der Waals surface area contributed by atoms with E-state index in [1.165, 1.54) is 0 Å². The molecule has 2 heterocycles. The van der Waals surface area contributed by atoms with Gasteiger partial charge in [0.25, 0.3) is 0 Å². The van der Waals surface area contributed by atoms with Crippen LogP contribution in [0.25, 0.3) is 0 Å². The summed E-state index contributed by atoms with van der Waals surface area (Å²) >= 11 is 0. The van der Waals surface area contributed by atoms with Crippen molar-refractivity contribution in [1.82, 2.24) is 0 Å². The summed E-state index contributed by atoms with van der Waals surface area (Å²) in [4.78, 5) is 0. The van der Waals surface area contributed by atoms with E-state index >= 15 is 0 Å². The highest BCUT2D eigenvalue weighted by molar-refractivity contribution is 5.17. The summed E-state index contributed by atoms with van der Waals surface area (Å²) in [5.41, 5.74) is 2.92. The van der Waals surface area contributed by atoms with E-state index < -0.39 is 37.0 Å². The lowest BCUT2D eigenvalue weighted by molar-refractivity contribution is -0.368. The van der Waals surface area contributed by atoms with E-state index in [0.29, 0.717) is 19.8 Å². The van der Waals surface area contributed by atoms with Crippen LogP contribution in [-0.2, 0) is 36.9 Å². The second-order valence-corrected chi connectivity index (χ2v) is 8.27. The average molecular weight is 449 g/mol. The van der Waals surface area contributed by atoms with Crippen LogP contribution in [0.1, 0.15) is 23.0 Å². The zero-order valence-corrected chi connectivity index (χ0v) is 18.2. The van der Waals surface area contributed by atoms with Crippen molar-refractivity contribution in [2.24, 2.45) is 0 Å². The lowest BCUT2D eigenvalue weighted by Crippen LogP contribution is -2.62. The van der Waals surface area contributed by atoms with Crippen molar-refractivity contribution in [1.29, 1.82) is 0 Å². The zero-order valence-electron chi connectivity index (χ0n) is 18.2. The van der Waals surface area contributed by atoms with Gasteiger partial charge in [0.15, 0.2) is 12.6 Å². The molecule has 1 N–H and O–H groups in total. The Balaban J connectivity index is 1.32. The summed E-state index contributed by atoms with van der Waals surface area (Å²) < 4.78 is 30.5. The Kier molecular flexibility index (Phi) is 7.12. The first-order valence-corrected chi connectivity index (χ1v) is 11.2. The maximum atomic E-state index is 11.2. The minimum absolute atomic E-state index is 0.313. The van der Waals surface area contributed by atoms with Gasteiger partial charge in [0.05, 0.1) is 19.8 Å². The van der Waals surface area contributed by atoms with Crippen molar-refractivity contribution in [3.05, 3.63) is 108 Å². The maximum absolute atomic E-state index is 11.2. The van der Waals surface area contributed by atoms with Gasteiger partial charge in [-0.15, -0.1) is 0 Å². The van der Waals surface area contributed by atoms with Crippen molar-refractivity contribution >= 4 is 0 Å². The Morgan fingerprint density at radius 2 is 1.30 bits per heavy atom. The van der Waals surface area contributed by atoms with E-state index in [1.807, 2.05) is 91.0 Å². The highest BCUT2D eigenvalue weighted by Crippen LogP contribution is 2.36. The standard InChI is InChI=1S/C27H28O6/c28-23-25(29-16-19-10-4-1-5-11-19)24-22(18-31-26(33-24)21-14-8-3-9-15-21)32-27(23)30-17-20-12-6-2-7-13-20/h1-15,22-28H,16-18H2/t22-,23+,24-,25-,26-,27+/m1/s1. The molecular weight excluding hydrogens is 420 g/mol. The van der Waals surface area contributed by atoms with Crippen LogP contribution in [0.15, 0.2) is 91.0 Å². The molecule has 2 fully saturated rings. The van der Waals surface area contributed by atoms with Gasteiger partial charge >= 0.3 is 0 Å². The molecule has 5 rings (SSSR count). The quantitative estimate of drug-likeness (QED) is 0.590. The van der Waals surface area contributed by atoms with Crippen molar-refractivity contribution in [2.45, 2.75) is 50.2 Å². The largest absolute Gasteiger partial charge is 0.385 e. The van der Waals surface area contributed by atoms with E-state index in [2.05, 4.69) is 0 Å². The topological polar surface area (TPSA) is 66.4 Å². The Bertz CT molecular complexity index is 983. The summed E-state index contributed by atoms with van der Waals surface area (Å²) in [6.45, 7) is 0.977. The molecule has 0 aliphatic carbocycles. The Hall–Kier alpha value is -2.58. The molecule has 3 aromatic carbocycles. The number of aliphatic hydroxyl groups excluding tert-OH is 1. The fraction of sp³-hybridized carbons (Fsp3) is 0.333. The summed E-state index contributed by atoms with van der Waals surface area (Å²) in [5.74, 6) is 0. The first-order valence-electron chi connectivity index (χ1n) is 11.2. The van der Waals surface area contributed by atoms with E-state index in [9.17, 15) is 5.11 Å². The highest BCUT2D eigenvalue weighted by atomic mass is 16.8. The van der Waals surface area contributed by atoms with Crippen LogP contribution >= 0.6 is 0 Å². The number of benzene rings is 3. The zero-order chi connectivity index (χ0) is 22.5. The highest BCUT2D eigenvalue weighted by Gasteiger charge is 2.50. The van der Waals surface area contributed by atoms with Crippen molar-refractivity contribution in [2.75, 3.05) is 6.61 Å². The summed E-state index contributed by atoms with van der Waals surface area (Å²) in [6, 6.07) is 29.4. The van der Waals surface area contributed by atoms with Gasteiger partial charge in [0, 0.05) is 5.56 Å². The summed E-state index contributed by atoms with van der Waals surface area (Å²) in [7, 11) is 0. The molecule has 2 saturated heterocycles. The number of ether oxygens (including phenoxy) is 5. The van der Waals surface area contributed by atoms with Crippen molar-refractivity contribution in [3.8, 4) is 0 Å². The molecule has 0 unspecified atom stereocenters. The second-order valence-electron chi connectivity index (χ2n) is 8.27. The molecule has 2 aliphatic heterocycles. The fourth-order valence-electron chi connectivity index (χ4n) is 4.19. The molecule has 33 heavy (non-hydrogen) atoms. The van der Waals surface area contributed by atoms with Gasteiger partial charge in [-0.05, 0) is 11.1 Å². The maximum Gasteiger partial charge on any atom is 0.187 e. The minimum atomic E-state index is -1.02. The first-order chi connectivity index (χ1) is 16.3. The van der Waals surface area contributed by atoms with Gasteiger partial charge in [-0.2, -0.15) is 0 Å². The molecule has 0 radical (unpaired) electrons. The molecule has 6 atom stereocenters. The van der Waals surface area contributed by atoms with E-state index in [0.717, 1.165) is 16.7 Å². The molecule has 6 nitrogen and oxygen atoms in total. The van der Waals surface area contributed by atoms with Crippen molar-refractivity contribution < 1.29 is 28.8 Å². The average Bonchev–Trinajstić information content (AvgIpc) is 2.88. The van der Waals surface area contributed by atoms with Gasteiger partial charge in [-0.25, -0.2) is 0 Å². The molecule has 172 valence electrons. The SMILES string of the molecule is O[C@@H]1[C@@H](OCc2ccccc2)O[C@@H]2CO[C@@H](c3ccccc3)O[C@H]2[C@@H]1OCc1ccccc1. The molecule has 6 heteroatoms. The van der Waals surface area contributed by atoms with Crippen LogP contribution in [0.3, 0.4) is 0 Å². The van der Waals surface area contributed by atoms with Gasteiger partial charge in [0.2, 0.25) is 0 Å². The van der Waals surface area contributed by atoms with Crippen LogP contribution < -0.4 is 0 Å². The van der Waals surface area contributed by atoms with Crippen LogP contribution in [0.2, 0.25) is 0 Å². The number of rotatable bonds is 7. The number of fused-ring (bicyclic) bond motifs is 1. The number of aliphatic hydroxyl groups is 1. The molecule has 3 aromatic rings. The van der Waals surface area contributed by atoms with Gasteiger partial charge in [-0.1, -0.05) is 91.0 Å². The van der Waals surface area contributed by atoms with E-state index in [4.69, 9.17) is 23.7 Å². The molecule has 0 spiro atoms. The molecule has 0 aromatic heterocycles. The Morgan fingerprint density at radius 3 is 1.94 bits per heavy atom. The third-order valence-corrected chi connectivity index (χ3v) is 5.92. The predicted molar refractivity (Wildman–Crippen MR) is 121 cm³/mol. The lowest BCUT2D eigenvalue weighted by atomic mass is 9.97. The number of hydrogen-bond donors (Lipinski definition) is 1. The van der Waals surface area contributed by atoms with Crippen LogP contribution in [0.4, 0.5) is 0 Å². The number of hydrogen-bond acceptors (Lipinski definition) is 6. The molecular formula is C27H28O6. The third-order valence-electron chi connectivity index (χ3n) is 5.92. The minimum Gasteiger partial charge on any atom is -0.385 e. The van der Waals surface area contributed by atoms with Crippen LogP contribution in [0.5, 0.6) is 0 Å². The summed E-state index contributed by atoms with van der Waals surface area (Å²) in [5, 5.41) is 11.2. The van der Waals surface area contributed by atoms with Crippen LogP contribution in [0, 0.1) is 0 Å². The molecule has 0 bridgehead atoms. The van der Waals surface area contributed by atoms with Crippen LogP contribution in [-0.4, -0.2) is 42.4 Å². The van der Waals surface area contributed by atoms with Gasteiger partial charge in [0.1, 0.15) is 24.4 Å². The second kappa shape index (κ2) is 10.6. The monoisotopic (exact) mass is 448 g/mol. The Morgan fingerprint density at radius 1 is 0.727 bits per heavy atom. The third kappa shape index (κ3) is 5.33.